The molecule has 0 spiro atoms. The smallest absolute Gasteiger partial charge is 0.169 e. The van der Waals surface area contributed by atoms with Gasteiger partial charge < -0.3 is 20.2 Å². The molecule has 2 aliphatic heterocycles. The molecule has 4 aromatic carbocycles. The zero-order chi connectivity index (χ0) is 27.9. The summed E-state index contributed by atoms with van der Waals surface area (Å²) in [4.78, 5) is 36.0. The number of hydrogen-bond donors (Lipinski definition) is 4. The Morgan fingerprint density at radius 3 is 1.30 bits per heavy atom. The number of aromatic amines is 2. The minimum absolute atomic E-state index is 0. The Morgan fingerprint density at radius 2 is 0.814 bits per heavy atom. The molecule has 3 aromatic heterocycles. The first-order valence-electron chi connectivity index (χ1n) is 13.3. The molecule has 0 saturated carbocycles. The van der Waals surface area contributed by atoms with E-state index in [1.807, 2.05) is 72.8 Å². The normalized spacial score (nSPS) is 11.7. The second-order valence-corrected chi connectivity index (χ2v) is 10.1. The van der Waals surface area contributed by atoms with Crippen molar-refractivity contribution in [2.24, 2.45) is 0 Å². The van der Waals surface area contributed by atoms with Crippen LogP contribution in [0, 0.1) is 0 Å². The zero-order valence-corrected chi connectivity index (χ0v) is 23.6. The van der Waals surface area contributed by atoms with Gasteiger partial charge in [0, 0.05) is 57.9 Å². The van der Waals surface area contributed by atoms with E-state index in [1.54, 1.807) is 6.07 Å². The fraction of sp³-hybridized carbons (Fsp3) is 0. The van der Waals surface area contributed by atoms with Crippen molar-refractivity contribution < 1.29 is 29.7 Å². The number of H-pyrrole nitrogens is 2. The van der Waals surface area contributed by atoms with Gasteiger partial charge in [-0.3, -0.25) is 0 Å². The molecule has 1 radical (unpaired) electrons. The second-order valence-electron chi connectivity index (χ2n) is 10.1. The Kier molecular flexibility index (Phi) is 5.41. The van der Waals surface area contributed by atoms with Crippen molar-refractivity contribution in [2.75, 3.05) is 0 Å². The van der Waals surface area contributed by atoms with E-state index in [0.29, 0.717) is 56.7 Å². The maximum atomic E-state index is 10.9. The van der Waals surface area contributed by atoms with Crippen LogP contribution in [0.2, 0.25) is 0 Å². The summed E-state index contributed by atoms with van der Waals surface area (Å²) in [5, 5.41) is 24.0. The Morgan fingerprint density at radius 1 is 0.419 bits per heavy atom. The molecule has 0 saturated heterocycles. The van der Waals surface area contributed by atoms with Crippen LogP contribution in [0.1, 0.15) is 0 Å². The Hall–Kier alpha value is -5.54. The summed E-state index contributed by atoms with van der Waals surface area (Å²) in [5.74, 6) is 1.30. The number of nitrogens with zero attached hydrogens (tertiary/aromatic N) is 6. The number of benzene rings is 4. The molecule has 43 heavy (non-hydrogen) atoms. The molecule has 2 aliphatic rings. The van der Waals surface area contributed by atoms with Gasteiger partial charge in [0.05, 0.1) is 5.39 Å². The Labute approximate surface area is 255 Å². The third-order valence-corrected chi connectivity index (χ3v) is 7.67. The quantitative estimate of drug-likeness (QED) is 0.111. The topological polar surface area (TPSA) is 149 Å². The number of fused-ring (bicyclic) bond motifs is 20. The molecule has 7 aromatic rings. The summed E-state index contributed by atoms with van der Waals surface area (Å²) < 4.78 is 0. The van der Waals surface area contributed by atoms with Crippen LogP contribution in [-0.2, 0) is 19.5 Å². The maximum Gasteiger partial charge on any atom is 0.169 e. The largest absolute Gasteiger partial charge is 0.504 e. The third kappa shape index (κ3) is 3.68. The first-order valence-corrected chi connectivity index (χ1v) is 13.3. The van der Waals surface area contributed by atoms with Crippen LogP contribution >= 0.6 is 0 Å². The van der Waals surface area contributed by atoms with Crippen LogP contribution in [0.25, 0.3) is 89.7 Å². The Bertz CT molecular complexity index is 2460. The number of phenolic OH excluding ortho intramolecular Hbond substituents is 2. The molecule has 0 fully saturated rings. The van der Waals surface area contributed by atoms with E-state index < -0.39 is 0 Å². The maximum absolute atomic E-state index is 10.9. The van der Waals surface area contributed by atoms with Crippen molar-refractivity contribution in [2.45, 2.75) is 0 Å². The number of rotatable bonds is 0. The van der Waals surface area contributed by atoms with Gasteiger partial charge >= 0.3 is 0 Å². The van der Waals surface area contributed by atoms with Gasteiger partial charge in [-0.25, -0.2) is 29.9 Å². The number of aromatic hydroxyl groups is 2. The van der Waals surface area contributed by atoms with Gasteiger partial charge in [-0.1, -0.05) is 72.8 Å². The number of aromatic nitrogens is 8. The van der Waals surface area contributed by atoms with Crippen molar-refractivity contribution >= 4 is 44.1 Å². The molecule has 10 nitrogen and oxygen atoms in total. The number of phenols is 2. The molecule has 9 rings (SSSR count). The molecule has 5 heterocycles. The third-order valence-electron chi connectivity index (χ3n) is 7.67. The van der Waals surface area contributed by atoms with Gasteiger partial charge in [-0.2, -0.15) is 0 Å². The van der Waals surface area contributed by atoms with Gasteiger partial charge in [-0.05, 0) is 12.1 Å². The van der Waals surface area contributed by atoms with E-state index in [2.05, 4.69) is 9.97 Å². The van der Waals surface area contributed by atoms with Gasteiger partial charge in [-0.15, -0.1) is 0 Å². The van der Waals surface area contributed by atoms with Crippen LogP contribution in [0.15, 0.2) is 84.9 Å². The summed E-state index contributed by atoms with van der Waals surface area (Å²) in [6.45, 7) is 0. The van der Waals surface area contributed by atoms with Crippen molar-refractivity contribution in [1.29, 1.82) is 0 Å². The van der Waals surface area contributed by atoms with Crippen molar-refractivity contribution in [1.82, 2.24) is 39.9 Å². The van der Waals surface area contributed by atoms with Crippen LogP contribution in [0.5, 0.6) is 11.5 Å². The first kappa shape index (κ1) is 25.2. The van der Waals surface area contributed by atoms with E-state index in [0.717, 1.165) is 33.0 Å². The molecule has 0 atom stereocenters. The van der Waals surface area contributed by atoms with Gasteiger partial charge in [0.15, 0.2) is 34.8 Å². The minimum Gasteiger partial charge on any atom is -0.504 e. The molecule has 0 unspecified atom stereocenters. The molecule has 0 aliphatic carbocycles. The van der Waals surface area contributed by atoms with Crippen LogP contribution in [-0.4, -0.2) is 50.1 Å². The van der Waals surface area contributed by atoms with Crippen molar-refractivity contribution in [3.63, 3.8) is 0 Å². The fourth-order valence-corrected chi connectivity index (χ4v) is 5.70. The average molecular weight is 649 g/mol. The van der Waals surface area contributed by atoms with E-state index in [9.17, 15) is 10.2 Å². The molecule has 4 N–H and O–H groups in total. The van der Waals surface area contributed by atoms with Gasteiger partial charge in [0.25, 0.3) is 0 Å². The summed E-state index contributed by atoms with van der Waals surface area (Å²) in [6, 6.07) is 26.5. The van der Waals surface area contributed by atoms with Crippen LogP contribution < -0.4 is 0 Å². The first-order chi connectivity index (χ1) is 20.6. The molecule has 0 amide bonds. The van der Waals surface area contributed by atoms with Gasteiger partial charge in [0.2, 0.25) is 0 Å². The van der Waals surface area contributed by atoms with Crippen molar-refractivity contribution in [3.8, 4) is 57.1 Å². The Balaban J connectivity index is 0.00000278. The summed E-state index contributed by atoms with van der Waals surface area (Å²) in [5.41, 5.74) is 5.23. The molecule has 8 bridgehead atoms. The SMILES string of the molecule is Oc1ccc2c3nc4nc(nc5[nH]c(nc6nc(nc([nH]3)c2c1O)-c1ccccc1-6)c1ccccc51)-c1ccccc1-4.[Rh]. The predicted molar refractivity (Wildman–Crippen MR) is 159 cm³/mol. The van der Waals surface area contributed by atoms with E-state index >= 15 is 0 Å². The van der Waals surface area contributed by atoms with Crippen LogP contribution in [0.3, 0.4) is 0 Å². The van der Waals surface area contributed by atoms with E-state index in [-0.39, 0.29) is 31.0 Å². The number of hydrogen-bond acceptors (Lipinski definition) is 8. The summed E-state index contributed by atoms with van der Waals surface area (Å²) in [6.07, 6.45) is 0. The average Bonchev–Trinajstić information content (AvgIpc) is 3.74. The minimum atomic E-state index is -0.302. The van der Waals surface area contributed by atoms with Crippen molar-refractivity contribution in [3.05, 3.63) is 84.9 Å². The molecule has 207 valence electrons. The van der Waals surface area contributed by atoms with E-state index in [4.69, 9.17) is 29.9 Å². The van der Waals surface area contributed by atoms with Gasteiger partial charge in [0.1, 0.15) is 22.6 Å². The van der Waals surface area contributed by atoms with Crippen LogP contribution in [0.4, 0.5) is 0 Å². The molecule has 11 heteroatoms. The van der Waals surface area contributed by atoms with E-state index in [1.165, 1.54) is 6.07 Å². The summed E-state index contributed by atoms with van der Waals surface area (Å²) in [7, 11) is 0. The zero-order valence-electron chi connectivity index (χ0n) is 22.0. The molecular formula is C32H18N8O2Rh. The standard InChI is InChI=1S/C32H18N8O2.Rh/c41-22-14-13-21-23(24(22)42)32-39-30-20-12-6-5-11-19(20)28(37-30)35-26-16-8-2-1-7-15(16)25(33-26)34-27-17-9-3-4-10-18(17)29(36-27)38-31(21)40-32;/h1-14,41-42H,(H2,33,34,35,36,37,38,39,40);. The predicted octanol–water partition coefficient (Wildman–Crippen LogP) is 6.28. The summed E-state index contributed by atoms with van der Waals surface area (Å²) >= 11 is 0. The fourth-order valence-electron chi connectivity index (χ4n) is 5.70. The second kappa shape index (κ2) is 9.24. The monoisotopic (exact) mass is 649 g/mol. The number of nitrogens with one attached hydrogen (secondary N) is 2. The molecular weight excluding hydrogens is 631 g/mol.